The van der Waals surface area contributed by atoms with Gasteiger partial charge in [0.2, 0.25) is 0 Å². The van der Waals surface area contributed by atoms with E-state index >= 15 is 0 Å². The van der Waals surface area contributed by atoms with Crippen LogP contribution < -0.4 is 0 Å². The van der Waals surface area contributed by atoms with Gasteiger partial charge in [-0.25, -0.2) is 13.8 Å². The summed E-state index contributed by atoms with van der Waals surface area (Å²) in [4.78, 5) is 3.98. The van der Waals surface area contributed by atoms with Gasteiger partial charge in [-0.1, -0.05) is 0 Å². The first-order chi connectivity index (χ1) is 6.06. The largest absolute Gasteiger partial charge is 0.392 e. The van der Waals surface area contributed by atoms with Gasteiger partial charge in [0.15, 0.2) is 0 Å². The maximum atomic E-state index is 12.4. The van der Waals surface area contributed by atoms with E-state index in [1.807, 2.05) is 22.6 Å². The summed E-state index contributed by atoms with van der Waals surface area (Å²) in [5.74, 6) is 0. The van der Waals surface area contributed by atoms with Crippen LogP contribution in [0.3, 0.4) is 0 Å². The molecule has 0 unspecified atom stereocenters. The van der Waals surface area contributed by atoms with Crippen molar-refractivity contribution in [3.63, 3.8) is 0 Å². The van der Waals surface area contributed by atoms with Crippen molar-refractivity contribution >= 4 is 22.6 Å². The van der Waals surface area contributed by atoms with Gasteiger partial charge in [-0.3, -0.25) is 0 Å². The van der Waals surface area contributed by atoms with Crippen LogP contribution in [-0.4, -0.2) is 10.1 Å². The number of nitrogens with zero attached hydrogens (tertiary/aromatic N) is 1. The van der Waals surface area contributed by atoms with Crippen LogP contribution in [0, 0.1) is 10.6 Å². The van der Waals surface area contributed by atoms with Crippen molar-refractivity contribution < 1.29 is 13.9 Å². The Morgan fingerprint density at radius 2 is 2.23 bits per heavy atom. The van der Waals surface area contributed by atoms with Crippen LogP contribution in [0.15, 0.2) is 6.07 Å². The lowest BCUT2D eigenvalue weighted by Gasteiger charge is -2.08. The van der Waals surface area contributed by atoms with Crippen LogP contribution in [0.5, 0.6) is 0 Å². The number of halogens is 3. The van der Waals surface area contributed by atoms with E-state index < -0.39 is 13.0 Å². The van der Waals surface area contributed by atoms with E-state index in [2.05, 4.69) is 4.98 Å². The van der Waals surface area contributed by atoms with Crippen LogP contribution in [0.25, 0.3) is 0 Å². The van der Waals surface area contributed by atoms with Crippen molar-refractivity contribution in [2.45, 2.75) is 20.0 Å². The van der Waals surface area contributed by atoms with Crippen LogP contribution in [0.1, 0.15) is 23.2 Å². The number of rotatable bonds is 2. The van der Waals surface area contributed by atoms with Crippen molar-refractivity contribution in [1.82, 2.24) is 4.98 Å². The highest BCUT2D eigenvalue weighted by Gasteiger charge is 2.16. The predicted molar refractivity (Wildman–Crippen MR) is 52.6 cm³/mol. The predicted octanol–water partition coefficient (Wildman–Crippen LogP) is 2.42. The maximum absolute atomic E-state index is 12.4. The standard InChI is InChI=1S/C8H8F2INO/c1-4-2-5(7(9)10)6(3-13)8(11)12-4/h2,7,13H,3H2,1H3. The molecule has 1 heterocycles. The fourth-order valence-corrected chi connectivity index (χ4v) is 1.90. The van der Waals surface area contributed by atoms with E-state index in [0.29, 0.717) is 9.39 Å². The molecule has 0 aliphatic rings. The Kier molecular flexibility index (Phi) is 3.55. The van der Waals surface area contributed by atoms with Gasteiger partial charge in [-0.05, 0) is 35.6 Å². The molecule has 0 aliphatic carbocycles. The summed E-state index contributed by atoms with van der Waals surface area (Å²) in [7, 11) is 0. The Hall–Kier alpha value is -0.300. The van der Waals surface area contributed by atoms with Crippen molar-refractivity contribution in [2.24, 2.45) is 0 Å². The van der Waals surface area contributed by atoms with Crippen LogP contribution in [-0.2, 0) is 6.61 Å². The Balaban J connectivity index is 3.29. The van der Waals surface area contributed by atoms with E-state index in [0.717, 1.165) is 0 Å². The van der Waals surface area contributed by atoms with Gasteiger partial charge in [0, 0.05) is 16.8 Å². The Bertz CT molecular complexity index is 317. The average Bonchev–Trinajstić information content (AvgIpc) is 2.02. The fraction of sp³-hybridized carbons (Fsp3) is 0.375. The van der Waals surface area contributed by atoms with Gasteiger partial charge in [-0.2, -0.15) is 0 Å². The van der Waals surface area contributed by atoms with Crippen molar-refractivity contribution in [3.05, 3.63) is 26.6 Å². The van der Waals surface area contributed by atoms with Gasteiger partial charge in [-0.15, -0.1) is 0 Å². The molecular formula is C8H8F2INO. The minimum atomic E-state index is -2.56. The van der Waals surface area contributed by atoms with Crippen LogP contribution in [0.2, 0.25) is 0 Å². The minimum absolute atomic E-state index is 0.126. The van der Waals surface area contributed by atoms with Gasteiger partial charge in [0.1, 0.15) is 3.70 Å². The summed E-state index contributed by atoms with van der Waals surface area (Å²) in [6.07, 6.45) is -2.56. The SMILES string of the molecule is Cc1cc(C(F)F)c(CO)c(I)n1. The third-order valence-corrected chi connectivity index (χ3v) is 2.52. The molecule has 1 aromatic rings. The summed E-state index contributed by atoms with van der Waals surface area (Å²) in [6.45, 7) is 1.25. The molecule has 0 aliphatic heterocycles. The lowest BCUT2D eigenvalue weighted by Crippen LogP contribution is -2.02. The number of aliphatic hydroxyl groups is 1. The van der Waals surface area contributed by atoms with E-state index in [4.69, 9.17) is 5.11 Å². The van der Waals surface area contributed by atoms with Crippen molar-refractivity contribution in [1.29, 1.82) is 0 Å². The second-order valence-electron chi connectivity index (χ2n) is 2.58. The van der Waals surface area contributed by atoms with Gasteiger partial charge >= 0.3 is 0 Å². The first-order valence-corrected chi connectivity index (χ1v) is 4.69. The molecule has 0 bridgehead atoms. The number of hydrogen-bond donors (Lipinski definition) is 1. The molecule has 0 radical (unpaired) electrons. The number of hydrogen-bond acceptors (Lipinski definition) is 2. The first kappa shape index (κ1) is 10.8. The second-order valence-corrected chi connectivity index (χ2v) is 3.60. The molecular weight excluding hydrogens is 291 g/mol. The molecule has 0 spiro atoms. The lowest BCUT2D eigenvalue weighted by atomic mass is 10.1. The van der Waals surface area contributed by atoms with E-state index in [9.17, 15) is 8.78 Å². The molecule has 72 valence electrons. The minimum Gasteiger partial charge on any atom is -0.392 e. The highest BCUT2D eigenvalue weighted by molar-refractivity contribution is 14.1. The molecule has 0 saturated carbocycles. The number of aryl methyl sites for hydroxylation is 1. The molecule has 0 saturated heterocycles. The van der Waals surface area contributed by atoms with Crippen LogP contribution in [0.4, 0.5) is 8.78 Å². The first-order valence-electron chi connectivity index (χ1n) is 3.61. The van der Waals surface area contributed by atoms with E-state index in [1.54, 1.807) is 6.92 Å². The molecule has 2 nitrogen and oxygen atoms in total. The van der Waals surface area contributed by atoms with Gasteiger partial charge in [0.25, 0.3) is 6.43 Å². The summed E-state index contributed by atoms with van der Waals surface area (Å²) in [5, 5.41) is 8.86. The Morgan fingerprint density at radius 1 is 1.62 bits per heavy atom. The summed E-state index contributed by atoms with van der Waals surface area (Å²) < 4.78 is 25.3. The topological polar surface area (TPSA) is 33.1 Å². The summed E-state index contributed by atoms with van der Waals surface area (Å²) in [5.41, 5.74) is 0.637. The zero-order valence-electron chi connectivity index (χ0n) is 6.89. The number of alkyl halides is 2. The number of aromatic nitrogens is 1. The van der Waals surface area contributed by atoms with E-state index in [1.165, 1.54) is 6.07 Å². The summed E-state index contributed by atoms with van der Waals surface area (Å²) >= 11 is 1.84. The zero-order valence-corrected chi connectivity index (χ0v) is 9.05. The lowest BCUT2D eigenvalue weighted by molar-refractivity contribution is 0.146. The molecule has 1 aromatic heterocycles. The number of pyridine rings is 1. The highest BCUT2D eigenvalue weighted by Crippen LogP contribution is 2.26. The maximum Gasteiger partial charge on any atom is 0.264 e. The Labute approximate surface area is 88.1 Å². The normalized spacial score (nSPS) is 10.9. The molecule has 5 heteroatoms. The molecule has 0 aromatic carbocycles. The monoisotopic (exact) mass is 299 g/mol. The van der Waals surface area contributed by atoms with Crippen molar-refractivity contribution in [3.8, 4) is 0 Å². The van der Waals surface area contributed by atoms with Crippen LogP contribution >= 0.6 is 22.6 Å². The molecule has 0 amide bonds. The van der Waals surface area contributed by atoms with Gasteiger partial charge < -0.3 is 5.11 Å². The third-order valence-electron chi connectivity index (χ3n) is 1.63. The molecule has 1 rings (SSSR count). The third kappa shape index (κ3) is 2.34. The van der Waals surface area contributed by atoms with E-state index in [-0.39, 0.29) is 11.1 Å². The molecule has 0 fully saturated rings. The Morgan fingerprint density at radius 3 is 2.69 bits per heavy atom. The zero-order chi connectivity index (χ0) is 10.0. The average molecular weight is 299 g/mol. The molecule has 1 N–H and O–H groups in total. The number of aliphatic hydroxyl groups excluding tert-OH is 1. The second kappa shape index (κ2) is 4.28. The highest BCUT2D eigenvalue weighted by atomic mass is 127. The molecule has 0 atom stereocenters. The van der Waals surface area contributed by atoms with Crippen molar-refractivity contribution in [2.75, 3.05) is 0 Å². The smallest absolute Gasteiger partial charge is 0.264 e. The quantitative estimate of drug-likeness (QED) is 0.672. The fourth-order valence-electron chi connectivity index (χ4n) is 1.04. The summed E-state index contributed by atoms with van der Waals surface area (Å²) in [6, 6.07) is 1.30. The molecule has 13 heavy (non-hydrogen) atoms. The van der Waals surface area contributed by atoms with Gasteiger partial charge in [0.05, 0.1) is 6.61 Å².